The highest BCUT2D eigenvalue weighted by Gasteiger charge is 2.28. The molecule has 2 aromatic rings. The summed E-state index contributed by atoms with van der Waals surface area (Å²) < 4.78 is 5.35. The van der Waals surface area contributed by atoms with Crippen molar-refractivity contribution >= 4 is 6.02 Å². The van der Waals surface area contributed by atoms with Crippen LogP contribution in [-0.2, 0) is 4.74 Å². The number of hydrogen-bond donors (Lipinski definition) is 2. The van der Waals surface area contributed by atoms with Crippen LogP contribution in [0.1, 0.15) is 11.7 Å². The SMILES string of the molecule is NC1=NCC(C(O)c2ccccc2-c2ccccc2)O1. The summed E-state index contributed by atoms with van der Waals surface area (Å²) in [7, 11) is 0. The lowest BCUT2D eigenvalue weighted by Crippen LogP contribution is -2.25. The molecule has 0 radical (unpaired) electrons. The van der Waals surface area contributed by atoms with Gasteiger partial charge in [-0.2, -0.15) is 0 Å². The molecule has 2 atom stereocenters. The second-order valence-electron chi connectivity index (χ2n) is 4.73. The first kappa shape index (κ1) is 12.7. The molecule has 102 valence electrons. The summed E-state index contributed by atoms with van der Waals surface area (Å²) in [5.74, 6) is 0. The zero-order valence-corrected chi connectivity index (χ0v) is 10.9. The number of amidine groups is 1. The van der Waals surface area contributed by atoms with Crippen molar-refractivity contribution in [1.29, 1.82) is 0 Å². The Bertz CT molecular complexity index is 625. The Balaban J connectivity index is 1.94. The van der Waals surface area contributed by atoms with Gasteiger partial charge in [0.2, 0.25) is 0 Å². The van der Waals surface area contributed by atoms with E-state index in [1.54, 1.807) is 0 Å². The van der Waals surface area contributed by atoms with Crippen LogP contribution in [0.2, 0.25) is 0 Å². The van der Waals surface area contributed by atoms with Gasteiger partial charge in [0, 0.05) is 0 Å². The van der Waals surface area contributed by atoms with E-state index < -0.39 is 12.2 Å². The van der Waals surface area contributed by atoms with E-state index >= 15 is 0 Å². The zero-order valence-electron chi connectivity index (χ0n) is 10.9. The van der Waals surface area contributed by atoms with Gasteiger partial charge < -0.3 is 15.6 Å². The van der Waals surface area contributed by atoms with Gasteiger partial charge >= 0.3 is 0 Å². The van der Waals surface area contributed by atoms with E-state index in [0.717, 1.165) is 16.7 Å². The summed E-state index contributed by atoms with van der Waals surface area (Å²) in [5.41, 5.74) is 8.39. The predicted octanol–water partition coefficient (Wildman–Crippen LogP) is 2.10. The van der Waals surface area contributed by atoms with E-state index in [0.29, 0.717) is 6.54 Å². The molecular formula is C16H16N2O2. The average Bonchev–Trinajstić information content (AvgIpc) is 2.94. The molecule has 1 aliphatic heterocycles. The second-order valence-corrected chi connectivity index (χ2v) is 4.73. The second kappa shape index (κ2) is 5.35. The number of aliphatic hydroxyl groups is 1. The van der Waals surface area contributed by atoms with E-state index in [2.05, 4.69) is 4.99 Å². The van der Waals surface area contributed by atoms with E-state index in [9.17, 15) is 5.11 Å². The van der Waals surface area contributed by atoms with Crippen LogP contribution in [0.5, 0.6) is 0 Å². The van der Waals surface area contributed by atoms with Crippen molar-refractivity contribution in [1.82, 2.24) is 0 Å². The molecule has 2 unspecified atom stereocenters. The highest BCUT2D eigenvalue weighted by atomic mass is 16.5. The summed E-state index contributed by atoms with van der Waals surface area (Å²) in [5, 5.41) is 10.5. The molecule has 0 aromatic heterocycles. The molecule has 0 fully saturated rings. The molecule has 0 saturated heterocycles. The maximum atomic E-state index is 10.5. The zero-order chi connectivity index (χ0) is 13.9. The van der Waals surface area contributed by atoms with Gasteiger partial charge in [0.15, 0.2) is 6.10 Å². The highest BCUT2D eigenvalue weighted by Crippen LogP contribution is 2.31. The monoisotopic (exact) mass is 268 g/mol. The Morgan fingerprint density at radius 3 is 2.50 bits per heavy atom. The molecule has 2 aromatic carbocycles. The van der Waals surface area contributed by atoms with Gasteiger partial charge in [0.1, 0.15) is 6.10 Å². The third-order valence-electron chi connectivity index (χ3n) is 3.42. The van der Waals surface area contributed by atoms with Gasteiger partial charge in [-0.1, -0.05) is 54.6 Å². The minimum atomic E-state index is -0.754. The molecule has 0 spiro atoms. The normalized spacial score (nSPS) is 19.2. The summed E-state index contributed by atoms with van der Waals surface area (Å²) >= 11 is 0. The van der Waals surface area contributed by atoms with Crippen LogP contribution in [0, 0.1) is 0 Å². The minimum absolute atomic E-state index is 0.145. The summed E-state index contributed by atoms with van der Waals surface area (Å²) in [6.45, 7) is 0.385. The van der Waals surface area contributed by atoms with Gasteiger partial charge in [-0.05, 0) is 16.7 Å². The van der Waals surface area contributed by atoms with Crippen LogP contribution in [0.3, 0.4) is 0 Å². The van der Waals surface area contributed by atoms with E-state index in [1.807, 2.05) is 54.6 Å². The van der Waals surface area contributed by atoms with Crippen molar-refractivity contribution in [2.75, 3.05) is 6.54 Å². The number of rotatable bonds is 3. The van der Waals surface area contributed by atoms with Crippen molar-refractivity contribution in [2.24, 2.45) is 10.7 Å². The third kappa shape index (κ3) is 2.38. The maximum absolute atomic E-state index is 10.5. The lowest BCUT2D eigenvalue weighted by Gasteiger charge is -2.20. The van der Waals surface area contributed by atoms with Crippen molar-refractivity contribution in [3.63, 3.8) is 0 Å². The predicted molar refractivity (Wildman–Crippen MR) is 78.2 cm³/mol. The fourth-order valence-electron chi connectivity index (χ4n) is 2.41. The summed E-state index contributed by atoms with van der Waals surface area (Å²) in [6.07, 6.45) is -1.17. The van der Waals surface area contributed by atoms with Crippen LogP contribution in [0.15, 0.2) is 59.6 Å². The van der Waals surface area contributed by atoms with Gasteiger partial charge in [-0.15, -0.1) is 0 Å². The number of benzene rings is 2. The molecular weight excluding hydrogens is 252 g/mol. The van der Waals surface area contributed by atoms with Crippen LogP contribution >= 0.6 is 0 Å². The van der Waals surface area contributed by atoms with Gasteiger partial charge in [0.25, 0.3) is 6.02 Å². The molecule has 4 heteroatoms. The summed E-state index contributed by atoms with van der Waals surface area (Å²) in [6, 6.07) is 17.9. The first-order valence-corrected chi connectivity index (χ1v) is 6.54. The third-order valence-corrected chi connectivity index (χ3v) is 3.42. The average molecular weight is 268 g/mol. The smallest absolute Gasteiger partial charge is 0.282 e. The van der Waals surface area contributed by atoms with Crippen LogP contribution in [-0.4, -0.2) is 23.8 Å². The topological polar surface area (TPSA) is 67.8 Å². The molecule has 20 heavy (non-hydrogen) atoms. The first-order valence-electron chi connectivity index (χ1n) is 6.54. The molecule has 0 bridgehead atoms. The van der Waals surface area contributed by atoms with Gasteiger partial charge in [0.05, 0.1) is 6.54 Å². The van der Waals surface area contributed by atoms with E-state index in [-0.39, 0.29) is 6.02 Å². The molecule has 4 nitrogen and oxygen atoms in total. The quantitative estimate of drug-likeness (QED) is 0.895. The molecule has 1 heterocycles. The lowest BCUT2D eigenvalue weighted by molar-refractivity contribution is 0.0451. The first-order chi connectivity index (χ1) is 9.75. The largest absolute Gasteiger partial charge is 0.457 e. The summed E-state index contributed by atoms with van der Waals surface area (Å²) in [4.78, 5) is 3.98. The fraction of sp³-hybridized carbons (Fsp3) is 0.188. The van der Waals surface area contributed by atoms with Crippen LogP contribution in [0.25, 0.3) is 11.1 Å². The molecule has 0 saturated carbocycles. The highest BCUT2D eigenvalue weighted by molar-refractivity contribution is 5.73. The number of aliphatic imine (C=N–C) groups is 1. The molecule has 3 N–H and O–H groups in total. The van der Waals surface area contributed by atoms with Crippen molar-refractivity contribution in [3.8, 4) is 11.1 Å². The lowest BCUT2D eigenvalue weighted by atomic mass is 9.94. The van der Waals surface area contributed by atoms with Crippen molar-refractivity contribution < 1.29 is 9.84 Å². The molecule has 1 aliphatic rings. The Morgan fingerprint density at radius 1 is 1.10 bits per heavy atom. The Hall–Kier alpha value is -2.33. The van der Waals surface area contributed by atoms with Crippen LogP contribution in [0.4, 0.5) is 0 Å². The standard InChI is InChI=1S/C16H16N2O2/c17-16-18-10-14(20-16)15(19)13-9-5-4-8-12(13)11-6-2-1-3-7-11/h1-9,14-15,19H,10H2,(H2,17,18). The fourth-order valence-corrected chi connectivity index (χ4v) is 2.41. The maximum Gasteiger partial charge on any atom is 0.282 e. The number of nitrogens with zero attached hydrogens (tertiary/aromatic N) is 1. The molecule has 0 amide bonds. The van der Waals surface area contributed by atoms with Crippen LogP contribution < -0.4 is 5.73 Å². The van der Waals surface area contributed by atoms with Crippen molar-refractivity contribution in [3.05, 3.63) is 60.2 Å². The Kier molecular flexibility index (Phi) is 3.39. The Morgan fingerprint density at radius 2 is 1.80 bits per heavy atom. The Labute approximate surface area is 117 Å². The van der Waals surface area contributed by atoms with Crippen molar-refractivity contribution in [2.45, 2.75) is 12.2 Å². The minimum Gasteiger partial charge on any atom is -0.457 e. The number of nitrogens with two attached hydrogens (primary N) is 1. The number of ether oxygens (including phenoxy) is 1. The number of aliphatic hydroxyl groups excluding tert-OH is 1. The number of hydrogen-bond acceptors (Lipinski definition) is 4. The van der Waals surface area contributed by atoms with Gasteiger partial charge in [-0.25, -0.2) is 4.99 Å². The molecule has 0 aliphatic carbocycles. The van der Waals surface area contributed by atoms with E-state index in [4.69, 9.17) is 10.5 Å². The molecule has 3 rings (SSSR count). The van der Waals surface area contributed by atoms with E-state index in [1.165, 1.54) is 0 Å². The van der Waals surface area contributed by atoms with Gasteiger partial charge in [-0.3, -0.25) is 0 Å².